The standard InChI is InChI=1S/C14H10F4O/c1-8-2-4-9(5-3-8)7-19-14-12(17)10(15)6-11(16)13(14)18/h2-6H,7H2,1H3. The van der Waals surface area contributed by atoms with E-state index in [0.717, 1.165) is 5.56 Å². The van der Waals surface area contributed by atoms with Crippen molar-refractivity contribution < 1.29 is 22.3 Å². The number of hydrogen-bond acceptors (Lipinski definition) is 1. The van der Waals surface area contributed by atoms with Crippen LogP contribution < -0.4 is 4.74 Å². The molecular weight excluding hydrogens is 260 g/mol. The van der Waals surface area contributed by atoms with Crippen LogP contribution in [-0.2, 0) is 6.61 Å². The van der Waals surface area contributed by atoms with Crippen LogP contribution in [0.4, 0.5) is 17.6 Å². The zero-order valence-electron chi connectivity index (χ0n) is 10.0. The highest BCUT2D eigenvalue weighted by Crippen LogP contribution is 2.27. The lowest BCUT2D eigenvalue weighted by Crippen LogP contribution is -2.03. The first-order valence-electron chi connectivity index (χ1n) is 5.50. The summed E-state index contributed by atoms with van der Waals surface area (Å²) in [5.41, 5.74) is 1.65. The lowest BCUT2D eigenvalue weighted by molar-refractivity contribution is 0.261. The third-order valence-corrected chi connectivity index (χ3v) is 2.58. The second-order valence-corrected chi connectivity index (χ2v) is 4.07. The van der Waals surface area contributed by atoms with Gasteiger partial charge in [-0.25, -0.2) is 8.78 Å². The summed E-state index contributed by atoms with van der Waals surface area (Å²) in [6, 6.07) is 7.11. The molecule has 2 rings (SSSR count). The molecule has 0 unspecified atom stereocenters. The average Bonchev–Trinajstić information content (AvgIpc) is 2.38. The van der Waals surface area contributed by atoms with Gasteiger partial charge in [-0.05, 0) is 12.5 Å². The number of ether oxygens (including phenoxy) is 1. The molecule has 2 aromatic rings. The largest absolute Gasteiger partial charge is 0.483 e. The maximum atomic E-state index is 13.3. The minimum absolute atomic E-state index is 0.142. The number of rotatable bonds is 3. The van der Waals surface area contributed by atoms with E-state index in [1.54, 1.807) is 24.3 Å². The average molecular weight is 270 g/mol. The molecule has 0 saturated carbocycles. The van der Waals surface area contributed by atoms with Gasteiger partial charge in [0.25, 0.3) is 0 Å². The molecular formula is C14H10F4O. The molecule has 100 valence electrons. The van der Waals surface area contributed by atoms with Crippen molar-refractivity contribution in [2.45, 2.75) is 13.5 Å². The number of aryl methyl sites for hydroxylation is 1. The van der Waals surface area contributed by atoms with Crippen molar-refractivity contribution in [2.24, 2.45) is 0 Å². The van der Waals surface area contributed by atoms with Crippen LogP contribution in [0.5, 0.6) is 5.75 Å². The lowest BCUT2D eigenvalue weighted by atomic mass is 10.2. The molecule has 0 aliphatic rings. The quantitative estimate of drug-likeness (QED) is 0.602. The SMILES string of the molecule is Cc1ccc(COc2c(F)c(F)cc(F)c2F)cc1. The summed E-state index contributed by atoms with van der Waals surface area (Å²) in [6.07, 6.45) is 0. The molecule has 0 saturated heterocycles. The number of hydrogen-bond donors (Lipinski definition) is 0. The molecule has 19 heavy (non-hydrogen) atoms. The molecule has 0 radical (unpaired) electrons. The summed E-state index contributed by atoms with van der Waals surface area (Å²) in [7, 11) is 0. The van der Waals surface area contributed by atoms with E-state index in [1.807, 2.05) is 6.92 Å². The second-order valence-electron chi connectivity index (χ2n) is 4.07. The van der Waals surface area contributed by atoms with Crippen molar-refractivity contribution in [2.75, 3.05) is 0 Å². The van der Waals surface area contributed by atoms with Crippen molar-refractivity contribution in [1.82, 2.24) is 0 Å². The Morgan fingerprint density at radius 2 is 1.42 bits per heavy atom. The van der Waals surface area contributed by atoms with Crippen molar-refractivity contribution in [3.05, 3.63) is 64.7 Å². The molecule has 0 aliphatic carbocycles. The van der Waals surface area contributed by atoms with Crippen molar-refractivity contribution >= 4 is 0 Å². The first-order chi connectivity index (χ1) is 8.99. The predicted molar refractivity (Wildman–Crippen MR) is 61.8 cm³/mol. The second kappa shape index (κ2) is 5.30. The monoisotopic (exact) mass is 270 g/mol. The van der Waals surface area contributed by atoms with Crippen LogP contribution in [0.2, 0.25) is 0 Å². The Morgan fingerprint density at radius 1 is 0.895 bits per heavy atom. The third kappa shape index (κ3) is 2.86. The van der Waals surface area contributed by atoms with E-state index < -0.39 is 29.0 Å². The molecule has 0 bridgehead atoms. The molecule has 0 aromatic heterocycles. The highest BCUT2D eigenvalue weighted by atomic mass is 19.2. The van der Waals surface area contributed by atoms with Crippen LogP contribution in [0.3, 0.4) is 0 Å². The van der Waals surface area contributed by atoms with Gasteiger partial charge in [0, 0.05) is 6.07 Å². The highest BCUT2D eigenvalue weighted by Gasteiger charge is 2.20. The smallest absolute Gasteiger partial charge is 0.203 e. The zero-order chi connectivity index (χ0) is 14.0. The summed E-state index contributed by atoms with van der Waals surface area (Å²) in [4.78, 5) is 0. The van der Waals surface area contributed by atoms with Gasteiger partial charge < -0.3 is 4.74 Å². The fourth-order valence-corrected chi connectivity index (χ4v) is 1.52. The maximum Gasteiger partial charge on any atom is 0.203 e. The van der Waals surface area contributed by atoms with Crippen LogP contribution in [0.15, 0.2) is 30.3 Å². The fourth-order valence-electron chi connectivity index (χ4n) is 1.52. The van der Waals surface area contributed by atoms with Gasteiger partial charge in [0.2, 0.25) is 11.6 Å². The summed E-state index contributed by atoms with van der Waals surface area (Å²) in [6.45, 7) is 1.70. The minimum atomic E-state index is -1.54. The summed E-state index contributed by atoms with van der Waals surface area (Å²) >= 11 is 0. The van der Waals surface area contributed by atoms with Gasteiger partial charge in [-0.1, -0.05) is 29.8 Å². The van der Waals surface area contributed by atoms with E-state index in [9.17, 15) is 17.6 Å². The van der Waals surface area contributed by atoms with Gasteiger partial charge in [-0.15, -0.1) is 0 Å². The Bertz CT molecular complexity index is 567. The van der Waals surface area contributed by atoms with Crippen molar-refractivity contribution in [3.8, 4) is 5.75 Å². The Labute approximate surface area is 107 Å². The molecule has 0 atom stereocenters. The minimum Gasteiger partial charge on any atom is -0.483 e. The molecule has 0 aliphatic heterocycles. The Kier molecular flexibility index (Phi) is 3.74. The Balaban J connectivity index is 2.22. The first kappa shape index (κ1) is 13.4. The fraction of sp³-hybridized carbons (Fsp3) is 0.143. The molecule has 0 N–H and O–H groups in total. The Hall–Kier alpha value is -2.04. The third-order valence-electron chi connectivity index (χ3n) is 2.58. The number of benzene rings is 2. The van der Waals surface area contributed by atoms with E-state index in [-0.39, 0.29) is 12.7 Å². The van der Waals surface area contributed by atoms with Gasteiger partial charge >= 0.3 is 0 Å². The summed E-state index contributed by atoms with van der Waals surface area (Å²) < 4.78 is 57.3. The van der Waals surface area contributed by atoms with E-state index in [2.05, 4.69) is 0 Å². The van der Waals surface area contributed by atoms with E-state index >= 15 is 0 Å². The van der Waals surface area contributed by atoms with Gasteiger partial charge in [-0.3, -0.25) is 0 Å². The molecule has 1 nitrogen and oxygen atoms in total. The van der Waals surface area contributed by atoms with Crippen LogP contribution in [-0.4, -0.2) is 0 Å². The normalized spacial score (nSPS) is 10.6. The highest BCUT2D eigenvalue weighted by molar-refractivity contribution is 5.29. The van der Waals surface area contributed by atoms with E-state index in [4.69, 9.17) is 4.74 Å². The Morgan fingerprint density at radius 3 is 1.95 bits per heavy atom. The molecule has 0 spiro atoms. The van der Waals surface area contributed by atoms with Gasteiger partial charge in [0.05, 0.1) is 0 Å². The van der Waals surface area contributed by atoms with Gasteiger partial charge in [0.15, 0.2) is 17.4 Å². The maximum absolute atomic E-state index is 13.3. The zero-order valence-corrected chi connectivity index (χ0v) is 10.0. The molecule has 0 heterocycles. The molecule has 0 fully saturated rings. The molecule has 0 amide bonds. The first-order valence-corrected chi connectivity index (χ1v) is 5.50. The number of halogens is 4. The van der Waals surface area contributed by atoms with Gasteiger partial charge in [-0.2, -0.15) is 8.78 Å². The van der Waals surface area contributed by atoms with Crippen molar-refractivity contribution in [1.29, 1.82) is 0 Å². The summed E-state index contributed by atoms with van der Waals surface area (Å²) in [5.74, 6) is -7.09. The van der Waals surface area contributed by atoms with E-state index in [0.29, 0.717) is 5.56 Å². The lowest BCUT2D eigenvalue weighted by Gasteiger charge is -2.09. The molecule has 5 heteroatoms. The van der Waals surface area contributed by atoms with Crippen LogP contribution >= 0.6 is 0 Å². The predicted octanol–water partition coefficient (Wildman–Crippen LogP) is 4.13. The van der Waals surface area contributed by atoms with Crippen molar-refractivity contribution in [3.63, 3.8) is 0 Å². The van der Waals surface area contributed by atoms with E-state index in [1.165, 1.54) is 0 Å². The summed E-state index contributed by atoms with van der Waals surface area (Å²) in [5, 5.41) is 0. The molecule has 2 aromatic carbocycles. The van der Waals surface area contributed by atoms with Crippen LogP contribution in [0, 0.1) is 30.2 Å². The van der Waals surface area contributed by atoms with Gasteiger partial charge in [0.1, 0.15) is 6.61 Å². The van der Waals surface area contributed by atoms with Crippen LogP contribution in [0.25, 0.3) is 0 Å². The topological polar surface area (TPSA) is 9.23 Å². The van der Waals surface area contributed by atoms with Crippen LogP contribution in [0.1, 0.15) is 11.1 Å².